The van der Waals surface area contributed by atoms with Crippen LogP contribution in [0.1, 0.15) is 68.2 Å². The van der Waals surface area contributed by atoms with E-state index in [1.54, 1.807) is 0 Å². The largest absolute Gasteiger partial charge is 0.192 e. The number of hydrogen-bond donors (Lipinski definition) is 0. The molecule has 0 aromatic heterocycles. The second-order valence-corrected chi connectivity index (χ2v) is 8.08. The summed E-state index contributed by atoms with van der Waals surface area (Å²) in [6.07, 6.45) is 7.83. The van der Waals surface area contributed by atoms with E-state index in [2.05, 4.69) is 62.4 Å². The van der Waals surface area contributed by atoms with Gasteiger partial charge in [-0.1, -0.05) is 93.8 Å². The maximum Gasteiger partial charge on any atom is 0.101 e. The van der Waals surface area contributed by atoms with Crippen molar-refractivity contribution < 1.29 is 0 Å². The number of unbranched alkanes of at least 4 members (excludes halogenated alkanes) is 3. The molecule has 0 saturated heterocycles. The Balaban J connectivity index is 1.85. The smallest absolute Gasteiger partial charge is 0.101 e. The Kier molecular flexibility index (Phi) is 8.03. The molecule has 0 amide bonds. The minimum atomic E-state index is 0.486. The van der Waals surface area contributed by atoms with Gasteiger partial charge in [0.2, 0.25) is 0 Å². The number of rotatable bonds is 9. The van der Waals surface area contributed by atoms with E-state index in [4.69, 9.17) is 0 Å². The molecule has 0 aliphatic rings. The van der Waals surface area contributed by atoms with E-state index in [0.717, 1.165) is 47.9 Å². The van der Waals surface area contributed by atoms with Gasteiger partial charge in [0.25, 0.3) is 0 Å². The summed E-state index contributed by atoms with van der Waals surface area (Å²) in [5.74, 6) is 0. The molecule has 0 spiro atoms. The van der Waals surface area contributed by atoms with Crippen LogP contribution in [0.2, 0.25) is 0 Å². The predicted molar refractivity (Wildman–Crippen MR) is 129 cm³/mol. The summed E-state index contributed by atoms with van der Waals surface area (Å²) in [6, 6.07) is 25.7. The van der Waals surface area contributed by atoms with E-state index in [1.165, 1.54) is 30.4 Å². The molecule has 2 heteroatoms. The van der Waals surface area contributed by atoms with Crippen LogP contribution in [0.3, 0.4) is 0 Å². The summed E-state index contributed by atoms with van der Waals surface area (Å²) in [6.45, 7) is 4.36. The van der Waals surface area contributed by atoms with Crippen LogP contribution >= 0.6 is 0 Å². The zero-order valence-electron chi connectivity index (χ0n) is 18.6. The highest BCUT2D eigenvalue weighted by atomic mass is 14.3. The maximum absolute atomic E-state index is 9.78. The van der Waals surface area contributed by atoms with Gasteiger partial charge in [0, 0.05) is 5.56 Å². The van der Waals surface area contributed by atoms with Crippen LogP contribution in [-0.2, 0) is 12.8 Å². The number of benzene rings is 3. The van der Waals surface area contributed by atoms with Crippen molar-refractivity contribution >= 4 is 0 Å². The summed E-state index contributed by atoms with van der Waals surface area (Å²) in [7, 11) is 0. The van der Waals surface area contributed by atoms with Gasteiger partial charge in [-0.25, -0.2) is 0 Å². The highest BCUT2D eigenvalue weighted by Gasteiger charge is 2.14. The molecule has 3 rings (SSSR count). The van der Waals surface area contributed by atoms with Gasteiger partial charge in [-0.2, -0.15) is 10.5 Å². The average molecular weight is 407 g/mol. The first kappa shape index (κ1) is 22.3. The van der Waals surface area contributed by atoms with E-state index in [0.29, 0.717) is 11.1 Å². The maximum atomic E-state index is 9.78. The molecule has 0 aliphatic heterocycles. The zero-order valence-corrected chi connectivity index (χ0v) is 18.6. The van der Waals surface area contributed by atoms with Crippen LogP contribution in [0.5, 0.6) is 0 Å². The fraction of sp³-hybridized carbons (Fsp3) is 0.310. The molecule has 0 radical (unpaired) electrons. The lowest BCUT2D eigenvalue weighted by Gasteiger charge is -2.11. The second kappa shape index (κ2) is 11.1. The normalized spacial score (nSPS) is 10.5. The number of hydrogen-bond acceptors (Lipinski definition) is 2. The highest BCUT2D eigenvalue weighted by molar-refractivity contribution is 5.77. The van der Waals surface area contributed by atoms with Gasteiger partial charge in [0.05, 0.1) is 11.1 Å². The first-order valence-electron chi connectivity index (χ1n) is 11.4. The first-order valence-corrected chi connectivity index (χ1v) is 11.4. The third-order valence-corrected chi connectivity index (χ3v) is 5.87. The SMILES string of the molecule is CCCCCc1ccc(-c2ccc(-c3ccc(CCCC)c(C#N)c3C#N)cc2)cc1. The molecular weight excluding hydrogens is 376 g/mol. The lowest BCUT2D eigenvalue weighted by Crippen LogP contribution is -1.97. The Morgan fingerprint density at radius 2 is 1.16 bits per heavy atom. The third-order valence-electron chi connectivity index (χ3n) is 5.87. The Bertz CT molecular complexity index is 1080. The molecule has 0 unspecified atom stereocenters. The van der Waals surface area contributed by atoms with Gasteiger partial charge in [-0.05, 0) is 53.5 Å². The molecular formula is C29H30N2. The van der Waals surface area contributed by atoms with E-state index in [1.807, 2.05) is 24.3 Å². The van der Waals surface area contributed by atoms with E-state index in [9.17, 15) is 10.5 Å². The van der Waals surface area contributed by atoms with Crippen LogP contribution in [-0.4, -0.2) is 0 Å². The second-order valence-electron chi connectivity index (χ2n) is 8.08. The molecule has 0 fully saturated rings. The van der Waals surface area contributed by atoms with Crippen molar-refractivity contribution in [2.75, 3.05) is 0 Å². The van der Waals surface area contributed by atoms with Crippen LogP contribution in [0.25, 0.3) is 22.3 Å². The standard InChI is InChI=1S/C29H30N2/c1-3-5-7-8-22-10-12-23(13-11-22)24-14-16-26(17-15-24)27-19-18-25(9-6-4-2)28(20-30)29(27)21-31/h10-19H,3-9H2,1-2H3. The lowest BCUT2D eigenvalue weighted by atomic mass is 9.90. The molecule has 0 atom stereocenters. The van der Waals surface area contributed by atoms with Crippen molar-refractivity contribution in [3.8, 4) is 34.4 Å². The molecule has 3 aromatic rings. The summed E-state index contributed by atoms with van der Waals surface area (Å²) in [5.41, 5.74) is 7.52. The van der Waals surface area contributed by atoms with Gasteiger partial charge >= 0.3 is 0 Å². The molecule has 156 valence electrons. The Morgan fingerprint density at radius 1 is 0.581 bits per heavy atom. The fourth-order valence-electron chi connectivity index (χ4n) is 3.99. The molecule has 31 heavy (non-hydrogen) atoms. The van der Waals surface area contributed by atoms with Gasteiger partial charge in [-0.15, -0.1) is 0 Å². The summed E-state index contributed by atoms with van der Waals surface area (Å²) < 4.78 is 0. The third kappa shape index (κ3) is 5.42. The Hall–Kier alpha value is -3.36. The quantitative estimate of drug-likeness (QED) is 0.340. The molecule has 0 heterocycles. The molecule has 0 bridgehead atoms. The van der Waals surface area contributed by atoms with Crippen molar-refractivity contribution in [1.29, 1.82) is 10.5 Å². The molecule has 2 nitrogen and oxygen atoms in total. The van der Waals surface area contributed by atoms with Crippen LogP contribution in [0.15, 0.2) is 60.7 Å². The topological polar surface area (TPSA) is 47.6 Å². The Labute approximate surface area is 186 Å². The van der Waals surface area contributed by atoms with E-state index >= 15 is 0 Å². The van der Waals surface area contributed by atoms with Crippen molar-refractivity contribution in [1.82, 2.24) is 0 Å². The Morgan fingerprint density at radius 3 is 1.74 bits per heavy atom. The minimum Gasteiger partial charge on any atom is -0.192 e. The molecule has 0 N–H and O–H groups in total. The van der Waals surface area contributed by atoms with E-state index < -0.39 is 0 Å². The van der Waals surface area contributed by atoms with Crippen LogP contribution < -0.4 is 0 Å². The van der Waals surface area contributed by atoms with Crippen LogP contribution in [0, 0.1) is 22.7 Å². The van der Waals surface area contributed by atoms with Crippen molar-refractivity contribution in [3.05, 3.63) is 82.9 Å². The predicted octanol–water partition coefficient (Wildman–Crippen LogP) is 7.84. The summed E-state index contributed by atoms with van der Waals surface area (Å²) in [5, 5.41) is 19.5. The van der Waals surface area contributed by atoms with Gasteiger partial charge in [0.15, 0.2) is 0 Å². The van der Waals surface area contributed by atoms with Gasteiger partial charge in [-0.3, -0.25) is 0 Å². The van der Waals surface area contributed by atoms with Gasteiger partial charge < -0.3 is 0 Å². The van der Waals surface area contributed by atoms with Crippen molar-refractivity contribution in [2.45, 2.75) is 58.8 Å². The minimum absolute atomic E-state index is 0.486. The molecule has 0 aliphatic carbocycles. The molecule has 3 aromatic carbocycles. The fourth-order valence-corrected chi connectivity index (χ4v) is 3.99. The van der Waals surface area contributed by atoms with E-state index in [-0.39, 0.29) is 0 Å². The van der Waals surface area contributed by atoms with Crippen LogP contribution in [0.4, 0.5) is 0 Å². The molecule has 0 saturated carbocycles. The number of aryl methyl sites for hydroxylation is 2. The lowest BCUT2D eigenvalue weighted by molar-refractivity contribution is 0.717. The number of nitriles is 2. The zero-order chi connectivity index (χ0) is 22.1. The highest BCUT2D eigenvalue weighted by Crippen LogP contribution is 2.30. The first-order chi connectivity index (χ1) is 15.2. The summed E-state index contributed by atoms with van der Waals surface area (Å²) >= 11 is 0. The average Bonchev–Trinajstić information content (AvgIpc) is 2.82. The van der Waals surface area contributed by atoms with Crippen molar-refractivity contribution in [2.24, 2.45) is 0 Å². The van der Waals surface area contributed by atoms with Gasteiger partial charge in [0.1, 0.15) is 12.1 Å². The van der Waals surface area contributed by atoms with Crippen molar-refractivity contribution in [3.63, 3.8) is 0 Å². The number of nitrogens with zero attached hydrogens (tertiary/aromatic N) is 2. The summed E-state index contributed by atoms with van der Waals surface area (Å²) in [4.78, 5) is 0. The monoisotopic (exact) mass is 406 g/mol.